The van der Waals surface area contributed by atoms with E-state index in [1.807, 2.05) is 30.3 Å². The van der Waals surface area contributed by atoms with Crippen molar-refractivity contribution in [2.24, 2.45) is 0 Å². The molecule has 3 aromatic rings. The van der Waals surface area contributed by atoms with Crippen LogP contribution in [-0.4, -0.2) is 27.6 Å². The fraction of sp³-hybridized carbons (Fsp3) is 0.280. The lowest BCUT2D eigenvalue weighted by Gasteiger charge is -2.19. The minimum atomic E-state index is 0. The van der Waals surface area contributed by atoms with Crippen LogP contribution >= 0.6 is 24.8 Å². The number of methoxy groups -OCH3 is 2. The van der Waals surface area contributed by atoms with Crippen LogP contribution < -0.4 is 24.3 Å². The van der Waals surface area contributed by atoms with E-state index in [-0.39, 0.29) is 37.5 Å². The Bertz CT molecular complexity index is 965. The Balaban J connectivity index is 0.00000181. The van der Waals surface area contributed by atoms with Gasteiger partial charge in [0, 0.05) is 12.5 Å². The largest absolute Gasteiger partial charge is 0.497 e. The number of fused-ring (bicyclic) bond motifs is 1. The van der Waals surface area contributed by atoms with E-state index >= 15 is 0 Å². The molecule has 0 spiro atoms. The Morgan fingerprint density at radius 3 is 2.03 bits per heavy atom. The van der Waals surface area contributed by atoms with Gasteiger partial charge in [-0.1, -0.05) is 30.3 Å². The summed E-state index contributed by atoms with van der Waals surface area (Å²) in [5.41, 5.74) is 3.71. The van der Waals surface area contributed by atoms with E-state index in [0.29, 0.717) is 0 Å². The molecule has 0 aliphatic carbocycles. The van der Waals surface area contributed by atoms with Crippen LogP contribution in [0.1, 0.15) is 29.0 Å². The summed E-state index contributed by atoms with van der Waals surface area (Å²) in [5.74, 6) is 3.61. The van der Waals surface area contributed by atoms with Crippen molar-refractivity contribution in [3.05, 3.63) is 83.4 Å². The van der Waals surface area contributed by atoms with Crippen LogP contribution in [0.25, 0.3) is 0 Å². The second kappa shape index (κ2) is 12.4. The smallest absolute Gasteiger partial charge is 0.231 e. The minimum Gasteiger partial charge on any atom is -0.497 e. The van der Waals surface area contributed by atoms with Crippen molar-refractivity contribution in [2.45, 2.75) is 18.9 Å². The van der Waals surface area contributed by atoms with Gasteiger partial charge in [-0.25, -0.2) is 0 Å². The highest BCUT2D eigenvalue weighted by Crippen LogP contribution is 2.37. The van der Waals surface area contributed by atoms with E-state index in [0.717, 1.165) is 42.5 Å². The molecule has 3 aromatic carbocycles. The molecule has 1 atom stereocenters. The lowest BCUT2D eigenvalue weighted by atomic mass is 9.88. The van der Waals surface area contributed by atoms with Crippen molar-refractivity contribution in [2.75, 3.05) is 27.6 Å². The fourth-order valence-electron chi connectivity index (χ4n) is 3.71. The number of nitrogens with one attached hydrogen (secondary N) is 1. The first-order valence-corrected chi connectivity index (χ1v) is 10.1. The molecule has 1 unspecified atom stereocenters. The molecule has 32 heavy (non-hydrogen) atoms. The molecular formula is C25H29Cl2NO4. The van der Waals surface area contributed by atoms with E-state index in [9.17, 15) is 0 Å². The van der Waals surface area contributed by atoms with Crippen molar-refractivity contribution in [3.8, 4) is 23.0 Å². The summed E-state index contributed by atoms with van der Waals surface area (Å²) >= 11 is 0. The van der Waals surface area contributed by atoms with Crippen molar-refractivity contribution < 1.29 is 18.9 Å². The molecule has 1 aliphatic heterocycles. The van der Waals surface area contributed by atoms with Gasteiger partial charge in [0.05, 0.1) is 14.2 Å². The first-order valence-electron chi connectivity index (χ1n) is 10.1. The summed E-state index contributed by atoms with van der Waals surface area (Å²) in [6, 6.07) is 22.7. The van der Waals surface area contributed by atoms with Crippen molar-refractivity contribution >= 4 is 24.8 Å². The zero-order valence-electron chi connectivity index (χ0n) is 18.2. The number of hydrogen-bond donors (Lipinski definition) is 1. The van der Waals surface area contributed by atoms with Crippen molar-refractivity contribution in [1.29, 1.82) is 0 Å². The number of ether oxygens (including phenoxy) is 4. The van der Waals surface area contributed by atoms with Gasteiger partial charge in [-0.15, -0.1) is 24.8 Å². The highest BCUT2D eigenvalue weighted by Gasteiger charge is 2.19. The van der Waals surface area contributed by atoms with E-state index < -0.39 is 0 Å². The van der Waals surface area contributed by atoms with Crippen LogP contribution in [0, 0.1) is 0 Å². The maximum atomic E-state index is 5.60. The predicted octanol–water partition coefficient (Wildman–Crippen LogP) is 5.59. The van der Waals surface area contributed by atoms with E-state index in [1.54, 1.807) is 14.2 Å². The molecule has 172 valence electrons. The van der Waals surface area contributed by atoms with Crippen LogP contribution in [0.5, 0.6) is 23.0 Å². The third kappa shape index (κ3) is 6.22. The predicted molar refractivity (Wildman–Crippen MR) is 131 cm³/mol. The molecule has 0 fully saturated rings. The number of benzene rings is 3. The van der Waals surface area contributed by atoms with E-state index in [4.69, 9.17) is 18.9 Å². The highest BCUT2D eigenvalue weighted by molar-refractivity contribution is 5.85. The molecule has 0 aromatic heterocycles. The molecule has 1 N–H and O–H groups in total. The summed E-state index contributed by atoms with van der Waals surface area (Å²) in [7, 11) is 3.37. The normalized spacial score (nSPS) is 12.3. The molecular weight excluding hydrogens is 449 g/mol. The number of rotatable bonds is 9. The molecule has 0 saturated carbocycles. The van der Waals surface area contributed by atoms with Gasteiger partial charge in [0.25, 0.3) is 0 Å². The highest BCUT2D eigenvalue weighted by atomic mass is 35.5. The Labute approximate surface area is 201 Å². The van der Waals surface area contributed by atoms with E-state index in [1.165, 1.54) is 16.7 Å². The minimum absolute atomic E-state index is 0. The van der Waals surface area contributed by atoms with Gasteiger partial charge in [-0.05, 0) is 66.1 Å². The van der Waals surface area contributed by atoms with Gasteiger partial charge in [-0.3, -0.25) is 0 Å². The van der Waals surface area contributed by atoms with Gasteiger partial charge < -0.3 is 24.3 Å². The third-order valence-corrected chi connectivity index (χ3v) is 5.42. The van der Waals surface area contributed by atoms with Gasteiger partial charge in [0.15, 0.2) is 11.5 Å². The SMILES string of the molecule is COc1ccc(CNCCC(c2ccc(OC)cc2)c2ccc3c(c2)OCO3)cc1.Cl.Cl. The first kappa shape index (κ1) is 25.7. The second-order valence-corrected chi connectivity index (χ2v) is 7.25. The fourth-order valence-corrected chi connectivity index (χ4v) is 3.71. The molecule has 0 radical (unpaired) electrons. The topological polar surface area (TPSA) is 49.0 Å². The lowest BCUT2D eigenvalue weighted by Crippen LogP contribution is -2.17. The number of halogens is 2. The number of hydrogen-bond acceptors (Lipinski definition) is 5. The Morgan fingerprint density at radius 2 is 1.38 bits per heavy atom. The van der Waals surface area contributed by atoms with Crippen LogP contribution in [0.3, 0.4) is 0 Å². The maximum absolute atomic E-state index is 5.60. The van der Waals surface area contributed by atoms with Crippen molar-refractivity contribution in [3.63, 3.8) is 0 Å². The Morgan fingerprint density at radius 1 is 0.781 bits per heavy atom. The van der Waals surface area contributed by atoms with Crippen LogP contribution in [-0.2, 0) is 6.54 Å². The summed E-state index contributed by atoms with van der Waals surface area (Å²) < 4.78 is 21.6. The lowest BCUT2D eigenvalue weighted by molar-refractivity contribution is 0.174. The van der Waals surface area contributed by atoms with Gasteiger partial charge >= 0.3 is 0 Å². The zero-order valence-corrected chi connectivity index (χ0v) is 19.8. The molecule has 1 aliphatic rings. The quantitative estimate of drug-likeness (QED) is 0.407. The molecule has 7 heteroatoms. The second-order valence-electron chi connectivity index (χ2n) is 7.25. The van der Waals surface area contributed by atoms with Gasteiger partial charge in [0.2, 0.25) is 6.79 Å². The molecule has 5 nitrogen and oxygen atoms in total. The summed E-state index contributed by atoms with van der Waals surface area (Å²) in [6.07, 6.45) is 0.960. The Hall–Kier alpha value is -2.60. The Kier molecular flexibility index (Phi) is 9.97. The molecule has 0 bridgehead atoms. The molecule has 1 heterocycles. The zero-order chi connectivity index (χ0) is 20.8. The molecule has 0 amide bonds. The summed E-state index contributed by atoms with van der Waals surface area (Å²) in [6.45, 7) is 1.99. The summed E-state index contributed by atoms with van der Waals surface area (Å²) in [4.78, 5) is 0. The van der Waals surface area contributed by atoms with E-state index in [2.05, 4.69) is 41.7 Å². The maximum Gasteiger partial charge on any atom is 0.231 e. The van der Waals surface area contributed by atoms with Gasteiger partial charge in [-0.2, -0.15) is 0 Å². The van der Waals surface area contributed by atoms with Crippen LogP contribution in [0.4, 0.5) is 0 Å². The van der Waals surface area contributed by atoms with Crippen LogP contribution in [0.2, 0.25) is 0 Å². The average Bonchev–Trinajstić information content (AvgIpc) is 3.27. The molecule has 4 rings (SSSR count). The first-order chi connectivity index (χ1) is 14.8. The molecule has 0 saturated heterocycles. The monoisotopic (exact) mass is 477 g/mol. The van der Waals surface area contributed by atoms with Gasteiger partial charge in [0.1, 0.15) is 11.5 Å². The standard InChI is InChI=1S/C25H27NO4.2ClH/c1-27-21-8-3-18(4-9-21)16-26-14-13-23(19-5-10-22(28-2)11-6-19)20-7-12-24-25(15-20)30-17-29-24;;/h3-12,15,23,26H,13-14,16-17H2,1-2H3;2*1H. The summed E-state index contributed by atoms with van der Waals surface area (Å²) in [5, 5.41) is 3.56. The average molecular weight is 478 g/mol. The third-order valence-electron chi connectivity index (χ3n) is 5.42. The van der Waals surface area contributed by atoms with Crippen LogP contribution in [0.15, 0.2) is 66.7 Å². The van der Waals surface area contributed by atoms with Crippen molar-refractivity contribution in [1.82, 2.24) is 5.32 Å².